The molecule has 1 amide bonds. The van der Waals surface area contributed by atoms with Crippen LogP contribution in [0.15, 0.2) is 0 Å². The molecule has 2 N–H and O–H groups in total. The molecule has 0 aliphatic heterocycles. The first-order valence-corrected chi connectivity index (χ1v) is 6.16. The molecule has 1 rings (SSSR count). The van der Waals surface area contributed by atoms with Crippen LogP contribution in [0, 0.1) is 5.92 Å². The molecule has 0 aromatic heterocycles. The molecule has 0 aromatic carbocycles. The normalized spacial score (nSPS) is 19.9. The summed E-state index contributed by atoms with van der Waals surface area (Å²) in [6.45, 7) is 2.02. The third-order valence-electron chi connectivity index (χ3n) is 3.28. The summed E-state index contributed by atoms with van der Waals surface area (Å²) in [4.78, 5) is 11.6. The van der Waals surface area contributed by atoms with Crippen LogP contribution in [-0.2, 0) is 4.79 Å². The van der Waals surface area contributed by atoms with E-state index in [2.05, 4.69) is 5.32 Å². The van der Waals surface area contributed by atoms with Gasteiger partial charge in [-0.15, -0.1) is 0 Å². The molecule has 0 aromatic rings. The summed E-state index contributed by atoms with van der Waals surface area (Å²) in [5.41, 5.74) is 0. The van der Waals surface area contributed by atoms with Crippen molar-refractivity contribution in [3.8, 4) is 0 Å². The standard InChI is InChI=1S/C12H23NO2/c1-2-11(9-14)13-12(15)8-10-6-4-3-5-7-10/h10-11,14H,2-9H2,1H3,(H,13,15)/t11-/m1/s1. The third kappa shape index (κ3) is 4.65. The Kier molecular flexibility index (Phi) is 5.69. The monoisotopic (exact) mass is 213 g/mol. The highest BCUT2D eigenvalue weighted by atomic mass is 16.3. The molecule has 1 aliphatic carbocycles. The van der Waals surface area contributed by atoms with Gasteiger partial charge in [0.25, 0.3) is 0 Å². The van der Waals surface area contributed by atoms with Crippen LogP contribution in [0.5, 0.6) is 0 Å². The van der Waals surface area contributed by atoms with E-state index in [1.165, 1.54) is 32.1 Å². The molecule has 1 saturated carbocycles. The molecule has 3 heteroatoms. The number of carbonyl (C=O) groups is 1. The van der Waals surface area contributed by atoms with Crippen molar-refractivity contribution in [3.63, 3.8) is 0 Å². The van der Waals surface area contributed by atoms with Gasteiger partial charge in [0.1, 0.15) is 0 Å². The Morgan fingerprint density at radius 1 is 1.40 bits per heavy atom. The van der Waals surface area contributed by atoms with E-state index >= 15 is 0 Å². The summed E-state index contributed by atoms with van der Waals surface area (Å²) in [6, 6.07) is -0.0545. The maximum absolute atomic E-state index is 11.6. The SMILES string of the molecule is CC[C@H](CO)NC(=O)CC1CCCCC1. The Morgan fingerprint density at radius 3 is 2.60 bits per heavy atom. The van der Waals surface area contributed by atoms with E-state index in [9.17, 15) is 4.79 Å². The fourth-order valence-corrected chi connectivity index (χ4v) is 2.22. The third-order valence-corrected chi connectivity index (χ3v) is 3.28. The van der Waals surface area contributed by atoms with E-state index in [0.29, 0.717) is 12.3 Å². The predicted octanol–water partition coefficient (Wildman–Crippen LogP) is 1.84. The van der Waals surface area contributed by atoms with Crippen LogP contribution in [-0.4, -0.2) is 23.7 Å². The first kappa shape index (κ1) is 12.5. The Morgan fingerprint density at radius 2 is 2.07 bits per heavy atom. The highest BCUT2D eigenvalue weighted by Crippen LogP contribution is 2.26. The smallest absolute Gasteiger partial charge is 0.220 e. The number of hydrogen-bond donors (Lipinski definition) is 2. The molecule has 88 valence electrons. The second kappa shape index (κ2) is 6.83. The Balaban J connectivity index is 2.21. The highest BCUT2D eigenvalue weighted by molar-refractivity contribution is 5.76. The van der Waals surface area contributed by atoms with Gasteiger partial charge in [-0.25, -0.2) is 0 Å². The molecule has 1 atom stereocenters. The molecule has 0 bridgehead atoms. The predicted molar refractivity (Wildman–Crippen MR) is 60.5 cm³/mol. The van der Waals surface area contributed by atoms with Crippen LogP contribution in [0.3, 0.4) is 0 Å². The van der Waals surface area contributed by atoms with Gasteiger partial charge < -0.3 is 10.4 Å². The molecule has 1 aliphatic rings. The van der Waals surface area contributed by atoms with Crippen molar-refractivity contribution in [2.24, 2.45) is 5.92 Å². The molecule has 0 heterocycles. The zero-order chi connectivity index (χ0) is 11.1. The quantitative estimate of drug-likeness (QED) is 0.732. The zero-order valence-corrected chi connectivity index (χ0v) is 9.67. The molecule has 0 spiro atoms. The molecule has 0 saturated heterocycles. The van der Waals surface area contributed by atoms with E-state index in [1.54, 1.807) is 0 Å². The van der Waals surface area contributed by atoms with Crippen LogP contribution in [0.4, 0.5) is 0 Å². The average Bonchev–Trinajstić information content (AvgIpc) is 2.27. The minimum atomic E-state index is -0.0545. The van der Waals surface area contributed by atoms with Gasteiger partial charge in [-0.1, -0.05) is 26.2 Å². The summed E-state index contributed by atoms with van der Waals surface area (Å²) >= 11 is 0. The number of amides is 1. The van der Waals surface area contributed by atoms with Crippen molar-refractivity contribution in [2.45, 2.75) is 57.9 Å². The van der Waals surface area contributed by atoms with Gasteiger partial charge in [0.15, 0.2) is 0 Å². The number of hydrogen-bond acceptors (Lipinski definition) is 2. The van der Waals surface area contributed by atoms with Crippen molar-refractivity contribution in [1.29, 1.82) is 0 Å². The largest absolute Gasteiger partial charge is 0.394 e. The Hall–Kier alpha value is -0.570. The second-order valence-electron chi connectivity index (χ2n) is 4.56. The van der Waals surface area contributed by atoms with Crippen LogP contribution >= 0.6 is 0 Å². The number of nitrogens with one attached hydrogen (secondary N) is 1. The van der Waals surface area contributed by atoms with Gasteiger partial charge in [-0.3, -0.25) is 4.79 Å². The van der Waals surface area contributed by atoms with Gasteiger partial charge in [0.2, 0.25) is 5.91 Å². The first-order valence-electron chi connectivity index (χ1n) is 6.16. The molecule has 15 heavy (non-hydrogen) atoms. The molecular weight excluding hydrogens is 190 g/mol. The fraction of sp³-hybridized carbons (Fsp3) is 0.917. The number of rotatable bonds is 5. The number of carbonyl (C=O) groups excluding carboxylic acids is 1. The van der Waals surface area contributed by atoms with Crippen molar-refractivity contribution < 1.29 is 9.90 Å². The minimum Gasteiger partial charge on any atom is -0.394 e. The lowest BCUT2D eigenvalue weighted by Crippen LogP contribution is -2.37. The zero-order valence-electron chi connectivity index (χ0n) is 9.67. The van der Waals surface area contributed by atoms with Crippen LogP contribution in [0.1, 0.15) is 51.9 Å². The van der Waals surface area contributed by atoms with E-state index in [-0.39, 0.29) is 18.6 Å². The molecule has 3 nitrogen and oxygen atoms in total. The minimum absolute atomic E-state index is 0.0485. The van der Waals surface area contributed by atoms with Gasteiger partial charge in [0, 0.05) is 6.42 Å². The number of aliphatic hydroxyl groups excluding tert-OH is 1. The summed E-state index contributed by atoms with van der Waals surface area (Å²) in [7, 11) is 0. The number of aliphatic hydroxyl groups is 1. The molecule has 0 radical (unpaired) electrons. The van der Waals surface area contributed by atoms with Crippen molar-refractivity contribution in [3.05, 3.63) is 0 Å². The summed E-state index contributed by atoms with van der Waals surface area (Å²) in [5, 5.41) is 11.8. The van der Waals surface area contributed by atoms with Gasteiger partial charge in [-0.2, -0.15) is 0 Å². The second-order valence-corrected chi connectivity index (χ2v) is 4.56. The van der Waals surface area contributed by atoms with Crippen LogP contribution in [0.2, 0.25) is 0 Å². The Bertz CT molecular complexity index is 184. The maximum atomic E-state index is 11.6. The van der Waals surface area contributed by atoms with Gasteiger partial charge >= 0.3 is 0 Å². The van der Waals surface area contributed by atoms with E-state index < -0.39 is 0 Å². The van der Waals surface area contributed by atoms with Gasteiger partial charge in [-0.05, 0) is 25.2 Å². The topological polar surface area (TPSA) is 49.3 Å². The van der Waals surface area contributed by atoms with E-state index in [4.69, 9.17) is 5.11 Å². The fourth-order valence-electron chi connectivity index (χ4n) is 2.22. The van der Waals surface area contributed by atoms with Crippen LogP contribution in [0.25, 0.3) is 0 Å². The lowest BCUT2D eigenvalue weighted by Gasteiger charge is -2.22. The average molecular weight is 213 g/mol. The first-order chi connectivity index (χ1) is 7.26. The maximum Gasteiger partial charge on any atom is 0.220 e. The molecular formula is C12H23NO2. The van der Waals surface area contributed by atoms with Gasteiger partial charge in [0.05, 0.1) is 12.6 Å². The van der Waals surface area contributed by atoms with Crippen molar-refractivity contribution in [1.82, 2.24) is 5.32 Å². The lowest BCUT2D eigenvalue weighted by atomic mass is 9.87. The van der Waals surface area contributed by atoms with Crippen molar-refractivity contribution >= 4 is 5.91 Å². The van der Waals surface area contributed by atoms with Crippen LogP contribution < -0.4 is 5.32 Å². The van der Waals surface area contributed by atoms with E-state index in [0.717, 1.165) is 6.42 Å². The molecule has 1 fully saturated rings. The Labute approximate surface area is 92.3 Å². The summed E-state index contributed by atoms with van der Waals surface area (Å²) < 4.78 is 0. The summed E-state index contributed by atoms with van der Waals surface area (Å²) in [5.74, 6) is 0.692. The lowest BCUT2D eigenvalue weighted by molar-refractivity contribution is -0.123. The summed E-state index contributed by atoms with van der Waals surface area (Å²) in [6.07, 6.45) is 7.72. The highest BCUT2D eigenvalue weighted by Gasteiger charge is 2.18. The van der Waals surface area contributed by atoms with Crippen molar-refractivity contribution in [2.75, 3.05) is 6.61 Å². The molecule has 0 unspecified atom stereocenters. The van der Waals surface area contributed by atoms with E-state index in [1.807, 2.05) is 6.92 Å².